The van der Waals surface area contributed by atoms with Gasteiger partial charge in [0, 0.05) is 5.56 Å². The Hall–Kier alpha value is -1.26. The monoisotopic (exact) mass is 223 g/mol. The summed E-state index contributed by atoms with van der Waals surface area (Å²) >= 11 is 0. The van der Waals surface area contributed by atoms with Crippen LogP contribution in [0.1, 0.15) is 24.4 Å². The maximum atomic E-state index is 5.73. The van der Waals surface area contributed by atoms with E-state index in [2.05, 4.69) is 5.48 Å². The van der Waals surface area contributed by atoms with Crippen molar-refractivity contribution >= 4 is 0 Å². The van der Waals surface area contributed by atoms with Crippen LogP contribution >= 0.6 is 0 Å². The van der Waals surface area contributed by atoms with E-state index in [1.165, 1.54) is 0 Å². The number of ether oxygens (including phenoxy) is 2. The SMILES string of the molecule is CONC1CCCOc2c(OC)cccc21. The lowest BCUT2D eigenvalue weighted by Gasteiger charge is -2.18. The highest BCUT2D eigenvalue weighted by atomic mass is 16.6. The predicted molar refractivity (Wildman–Crippen MR) is 60.6 cm³/mol. The summed E-state index contributed by atoms with van der Waals surface area (Å²) in [4.78, 5) is 5.02. The Labute approximate surface area is 95.5 Å². The van der Waals surface area contributed by atoms with Gasteiger partial charge in [-0.3, -0.25) is 0 Å². The molecule has 1 heterocycles. The number of rotatable bonds is 3. The van der Waals surface area contributed by atoms with Crippen LogP contribution in [0.3, 0.4) is 0 Å². The molecule has 0 fully saturated rings. The molecular weight excluding hydrogens is 206 g/mol. The molecule has 1 aliphatic heterocycles. The molecule has 0 bridgehead atoms. The van der Waals surface area contributed by atoms with Crippen molar-refractivity contribution in [3.8, 4) is 11.5 Å². The highest BCUT2D eigenvalue weighted by Crippen LogP contribution is 2.38. The molecule has 1 aromatic rings. The molecule has 0 saturated heterocycles. The van der Waals surface area contributed by atoms with E-state index in [4.69, 9.17) is 14.3 Å². The number of hydroxylamine groups is 1. The Balaban J connectivity index is 2.37. The lowest BCUT2D eigenvalue weighted by atomic mass is 10.0. The van der Waals surface area contributed by atoms with Gasteiger partial charge in [-0.15, -0.1) is 0 Å². The first kappa shape index (κ1) is 11.2. The lowest BCUT2D eigenvalue weighted by Crippen LogP contribution is -2.19. The molecule has 0 aliphatic carbocycles. The minimum Gasteiger partial charge on any atom is -0.493 e. The topological polar surface area (TPSA) is 39.7 Å². The quantitative estimate of drug-likeness (QED) is 0.796. The zero-order valence-corrected chi connectivity index (χ0v) is 9.66. The second kappa shape index (κ2) is 5.18. The molecule has 2 rings (SSSR count). The first-order chi connectivity index (χ1) is 7.86. The van der Waals surface area contributed by atoms with Crippen molar-refractivity contribution in [1.29, 1.82) is 0 Å². The van der Waals surface area contributed by atoms with Crippen LogP contribution in [0.25, 0.3) is 0 Å². The van der Waals surface area contributed by atoms with Gasteiger partial charge >= 0.3 is 0 Å². The van der Waals surface area contributed by atoms with Gasteiger partial charge in [0.1, 0.15) is 0 Å². The number of fused-ring (bicyclic) bond motifs is 1. The molecule has 4 nitrogen and oxygen atoms in total. The number of hydrogen-bond donors (Lipinski definition) is 1. The molecule has 16 heavy (non-hydrogen) atoms. The minimum absolute atomic E-state index is 0.164. The summed E-state index contributed by atoms with van der Waals surface area (Å²) in [6, 6.07) is 6.09. The number of methoxy groups -OCH3 is 1. The molecule has 0 radical (unpaired) electrons. The van der Waals surface area contributed by atoms with E-state index in [1.54, 1.807) is 14.2 Å². The smallest absolute Gasteiger partial charge is 0.165 e. The Kier molecular flexibility index (Phi) is 3.64. The third kappa shape index (κ3) is 2.13. The molecule has 0 saturated carbocycles. The molecule has 1 N–H and O–H groups in total. The summed E-state index contributed by atoms with van der Waals surface area (Å²) < 4.78 is 11.0. The summed E-state index contributed by atoms with van der Waals surface area (Å²) in [7, 11) is 3.29. The van der Waals surface area contributed by atoms with E-state index in [0.717, 1.165) is 36.5 Å². The van der Waals surface area contributed by atoms with Crippen molar-refractivity contribution in [2.75, 3.05) is 20.8 Å². The van der Waals surface area contributed by atoms with Crippen molar-refractivity contribution in [1.82, 2.24) is 5.48 Å². The Morgan fingerprint density at radius 2 is 2.25 bits per heavy atom. The first-order valence-corrected chi connectivity index (χ1v) is 5.45. The summed E-state index contributed by atoms with van der Waals surface area (Å²) in [5, 5.41) is 0. The van der Waals surface area contributed by atoms with Gasteiger partial charge in [0.15, 0.2) is 11.5 Å². The van der Waals surface area contributed by atoms with Crippen LogP contribution in [-0.4, -0.2) is 20.8 Å². The van der Waals surface area contributed by atoms with Gasteiger partial charge in [-0.25, -0.2) is 0 Å². The van der Waals surface area contributed by atoms with Gasteiger partial charge < -0.3 is 14.3 Å². The summed E-state index contributed by atoms with van der Waals surface area (Å²) in [6.07, 6.45) is 1.99. The third-order valence-electron chi connectivity index (χ3n) is 2.75. The van der Waals surface area contributed by atoms with Crippen molar-refractivity contribution in [2.24, 2.45) is 0 Å². The number of benzene rings is 1. The van der Waals surface area contributed by atoms with Gasteiger partial charge in [-0.1, -0.05) is 12.1 Å². The van der Waals surface area contributed by atoms with Crippen LogP contribution in [0.4, 0.5) is 0 Å². The first-order valence-electron chi connectivity index (χ1n) is 5.45. The fourth-order valence-corrected chi connectivity index (χ4v) is 2.00. The normalized spacial score (nSPS) is 19.5. The molecule has 0 amide bonds. The molecule has 1 aromatic carbocycles. The fourth-order valence-electron chi connectivity index (χ4n) is 2.00. The van der Waals surface area contributed by atoms with Crippen LogP contribution in [0.5, 0.6) is 11.5 Å². The van der Waals surface area contributed by atoms with Crippen LogP contribution in [0.2, 0.25) is 0 Å². The zero-order valence-electron chi connectivity index (χ0n) is 9.66. The van der Waals surface area contributed by atoms with E-state index in [-0.39, 0.29) is 6.04 Å². The zero-order chi connectivity index (χ0) is 11.4. The van der Waals surface area contributed by atoms with E-state index >= 15 is 0 Å². The standard InChI is InChI=1S/C12H17NO3/c1-14-11-7-3-5-9-10(13-15-2)6-4-8-16-12(9)11/h3,5,7,10,13H,4,6,8H2,1-2H3. The van der Waals surface area contributed by atoms with Crippen LogP contribution in [-0.2, 0) is 4.84 Å². The van der Waals surface area contributed by atoms with Gasteiger partial charge in [0.05, 0.1) is 26.9 Å². The summed E-state index contributed by atoms with van der Waals surface area (Å²) in [6.45, 7) is 0.718. The molecule has 1 atom stereocenters. The Bertz CT molecular complexity index is 354. The number of para-hydroxylation sites is 1. The molecule has 1 aliphatic rings. The van der Waals surface area contributed by atoms with Crippen molar-refractivity contribution in [3.63, 3.8) is 0 Å². The van der Waals surface area contributed by atoms with Gasteiger partial charge in [-0.05, 0) is 18.9 Å². The van der Waals surface area contributed by atoms with Crippen molar-refractivity contribution in [3.05, 3.63) is 23.8 Å². The minimum atomic E-state index is 0.164. The molecule has 1 unspecified atom stereocenters. The highest BCUT2D eigenvalue weighted by Gasteiger charge is 2.22. The molecule has 4 heteroatoms. The van der Waals surface area contributed by atoms with E-state index in [9.17, 15) is 0 Å². The average molecular weight is 223 g/mol. The molecular formula is C12H17NO3. The van der Waals surface area contributed by atoms with E-state index in [1.807, 2.05) is 18.2 Å². The average Bonchev–Trinajstić information content (AvgIpc) is 2.52. The van der Waals surface area contributed by atoms with Crippen molar-refractivity contribution < 1.29 is 14.3 Å². The maximum absolute atomic E-state index is 5.73. The van der Waals surface area contributed by atoms with Crippen molar-refractivity contribution in [2.45, 2.75) is 18.9 Å². The van der Waals surface area contributed by atoms with Gasteiger partial charge in [0.2, 0.25) is 0 Å². The Morgan fingerprint density at radius 3 is 3.00 bits per heavy atom. The maximum Gasteiger partial charge on any atom is 0.165 e. The second-order valence-electron chi connectivity index (χ2n) is 3.74. The largest absolute Gasteiger partial charge is 0.493 e. The highest BCUT2D eigenvalue weighted by molar-refractivity contribution is 5.48. The number of hydrogen-bond acceptors (Lipinski definition) is 4. The Morgan fingerprint density at radius 1 is 1.38 bits per heavy atom. The molecule has 88 valence electrons. The van der Waals surface area contributed by atoms with E-state index in [0.29, 0.717) is 0 Å². The molecule has 0 aromatic heterocycles. The summed E-state index contributed by atoms with van der Waals surface area (Å²) in [5.74, 6) is 1.61. The molecule has 0 spiro atoms. The van der Waals surface area contributed by atoms with Crippen LogP contribution < -0.4 is 15.0 Å². The van der Waals surface area contributed by atoms with Gasteiger partial charge in [-0.2, -0.15) is 5.48 Å². The van der Waals surface area contributed by atoms with Gasteiger partial charge in [0.25, 0.3) is 0 Å². The third-order valence-corrected chi connectivity index (χ3v) is 2.75. The van der Waals surface area contributed by atoms with Crippen LogP contribution in [0.15, 0.2) is 18.2 Å². The summed E-state index contributed by atoms with van der Waals surface area (Å²) in [5.41, 5.74) is 4.09. The van der Waals surface area contributed by atoms with Crippen LogP contribution in [0, 0.1) is 0 Å². The fraction of sp³-hybridized carbons (Fsp3) is 0.500. The van der Waals surface area contributed by atoms with E-state index < -0.39 is 0 Å². The predicted octanol–water partition coefficient (Wildman–Crippen LogP) is 2.06. The lowest BCUT2D eigenvalue weighted by molar-refractivity contribution is 0.0579. The second-order valence-corrected chi connectivity index (χ2v) is 3.74. The number of nitrogens with one attached hydrogen (secondary N) is 1.